The van der Waals surface area contributed by atoms with Crippen LogP contribution in [0, 0.1) is 13.8 Å². The summed E-state index contributed by atoms with van der Waals surface area (Å²) in [6.07, 6.45) is 0. The lowest BCUT2D eigenvalue weighted by Gasteiger charge is -2.11. The quantitative estimate of drug-likeness (QED) is 0.599. The third kappa shape index (κ3) is 3.44. The van der Waals surface area contributed by atoms with Crippen molar-refractivity contribution < 1.29 is 14.3 Å². The van der Waals surface area contributed by atoms with E-state index >= 15 is 0 Å². The molecule has 0 radical (unpaired) electrons. The number of ether oxygens (including phenoxy) is 1. The maximum absolute atomic E-state index is 12.7. The van der Waals surface area contributed by atoms with Crippen LogP contribution in [0.3, 0.4) is 0 Å². The highest BCUT2D eigenvalue weighted by atomic mass is 35.5. The van der Waals surface area contributed by atoms with Crippen LogP contribution in [0.2, 0.25) is 5.02 Å². The van der Waals surface area contributed by atoms with E-state index in [2.05, 4.69) is 10.6 Å². The van der Waals surface area contributed by atoms with Crippen LogP contribution in [-0.2, 0) is 0 Å². The maximum atomic E-state index is 12.7. The first-order chi connectivity index (χ1) is 13.4. The molecule has 0 atom stereocenters. The first kappa shape index (κ1) is 18.1. The average molecular weight is 393 g/mol. The zero-order valence-electron chi connectivity index (χ0n) is 15.3. The molecule has 1 heterocycles. The smallest absolute Gasteiger partial charge is 0.259 e. The Morgan fingerprint density at radius 1 is 1.00 bits per heavy atom. The molecule has 28 heavy (non-hydrogen) atoms. The number of hydrogen-bond donors (Lipinski definition) is 2. The predicted octanol–water partition coefficient (Wildman–Crippen LogP) is 5.57. The molecule has 0 saturated heterocycles. The highest BCUT2D eigenvalue weighted by Crippen LogP contribution is 2.38. The van der Waals surface area contributed by atoms with Gasteiger partial charge in [0.2, 0.25) is 0 Å². The van der Waals surface area contributed by atoms with Crippen LogP contribution in [-0.4, -0.2) is 11.8 Å². The van der Waals surface area contributed by atoms with E-state index in [1.165, 1.54) is 0 Å². The monoisotopic (exact) mass is 392 g/mol. The second-order valence-electron chi connectivity index (χ2n) is 6.68. The van der Waals surface area contributed by atoms with Crippen molar-refractivity contribution in [3.63, 3.8) is 0 Å². The van der Waals surface area contributed by atoms with E-state index in [1.807, 2.05) is 32.0 Å². The van der Waals surface area contributed by atoms with Crippen molar-refractivity contribution in [2.75, 3.05) is 10.6 Å². The molecule has 0 spiro atoms. The van der Waals surface area contributed by atoms with Crippen molar-refractivity contribution >= 4 is 34.8 Å². The van der Waals surface area contributed by atoms with Gasteiger partial charge < -0.3 is 15.4 Å². The van der Waals surface area contributed by atoms with E-state index < -0.39 is 0 Å². The fourth-order valence-electron chi connectivity index (χ4n) is 3.05. The number of nitrogens with one attached hydrogen (secondary N) is 2. The van der Waals surface area contributed by atoms with Crippen LogP contribution in [0.15, 0.2) is 54.6 Å². The van der Waals surface area contributed by atoms with Crippen molar-refractivity contribution in [2.24, 2.45) is 0 Å². The molecule has 140 valence electrons. The molecule has 4 rings (SSSR count). The lowest BCUT2D eigenvalue weighted by molar-refractivity contribution is 0.101. The van der Waals surface area contributed by atoms with Crippen molar-refractivity contribution in [3.8, 4) is 11.5 Å². The molecule has 0 bridgehead atoms. The Morgan fingerprint density at radius 2 is 1.79 bits per heavy atom. The van der Waals surface area contributed by atoms with Gasteiger partial charge in [-0.25, -0.2) is 0 Å². The normalized spacial score (nSPS) is 12.2. The Labute approximate surface area is 167 Å². The van der Waals surface area contributed by atoms with Gasteiger partial charge in [0.15, 0.2) is 5.75 Å². The first-order valence-electron chi connectivity index (χ1n) is 8.72. The Balaban J connectivity index is 1.64. The SMILES string of the molecule is Cc1ccc(C)c(C(=O)Nc2ccc3c(c2)C(=O)Nc2cc(Cl)ccc2O3)c1. The first-order valence-corrected chi connectivity index (χ1v) is 9.10. The van der Waals surface area contributed by atoms with Gasteiger partial charge in [0.1, 0.15) is 5.75 Å². The zero-order chi connectivity index (χ0) is 19.8. The van der Waals surface area contributed by atoms with Crippen LogP contribution in [0.5, 0.6) is 11.5 Å². The Kier molecular flexibility index (Phi) is 4.53. The van der Waals surface area contributed by atoms with Gasteiger partial charge in [0.25, 0.3) is 11.8 Å². The molecule has 0 unspecified atom stereocenters. The molecule has 2 amide bonds. The summed E-state index contributed by atoms with van der Waals surface area (Å²) >= 11 is 6.00. The number of benzene rings is 3. The second kappa shape index (κ2) is 7.02. The fourth-order valence-corrected chi connectivity index (χ4v) is 3.22. The molecule has 0 aliphatic carbocycles. The summed E-state index contributed by atoms with van der Waals surface area (Å²) in [7, 11) is 0. The summed E-state index contributed by atoms with van der Waals surface area (Å²) in [5.41, 5.74) is 3.80. The standard InChI is InChI=1S/C22H17ClN2O3/c1-12-3-4-13(2)16(9-12)21(26)24-15-6-8-19-17(11-15)22(27)25-18-10-14(23)5-7-20(18)28-19/h3-11H,1-2H3,(H,24,26)(H,25,27). The molecule has 1 aliphatic heterocycles. The number of anilines is 2. The lowest BCUT2D eigenvalue weighted by Crippen LogP contribution is -2.15. The van der Waals surface area contributed by atoms with Crippen molar-refractivity contribution in [1.29, 1.82) is 0 Å². The number of carbonyl (C=O) groups is 2. The summed E-state index contributed by atoms with van der Waals surface area (Å²) < 4.78 is 5.85. The average Bonchev–Trinajstić information content (AvgIpc) is 2.79. The maximum Gasteiger partial charge on any atom is 0.259 e. The number of aryl methyl sites for hydroxylation is 2. The van der Waals surface area contributed by atoms with E-state index in [1.54, 1.807) is 36.4 Å². The summed E-state index contributed by atoms with van der Waals surface area (Å²) in [5, 5.41) is 6.13. The molecular formula is C22H17ClN2O3. The van der Waals surface area contributed by atoms with Gasteiger partial charge in [-0.3, -0.25) is 9.59 Å². The predicted molar refractivity (Wildman–Crippen MR) is 110 cm³/mol. The van der Waals surface area contributed by atoms with Gasteiger partial charge in [-0.2, -0.15) is 0 Å². The summed E-state index contributed by atoms with van der Waals surface area (Å²) in [6.45, 7) is 3.82. The third-order valence-electron chi connectivity index (χ3n) is 4.53. The Bertz CT molecular complexity index is 1120. The molecule has 3 aromatic rings. The number of rotatable bonds is 2. The summed E-state index contributed by atoms with van der Waals surface area (Å²) in [6, 6.07) is 15.7. The fraction of sp³-hybridized carbons (Fsp3) is 0.0909. The number of amides is 2. The van der Waals surface area contributed by atoms with E-state index in [9.17, 15) is 9.59 Å². The van der Waals surface area contributed by atoms with Crippen LogP contribution >= 0.6 is 11.6 Å². The lowest BCUT2D eigenvalue weighted by atomic mass is 10.0. The minimum absolute atomic E-state index is 0.230. The second-order valence-corrected chi connectivity index (χ2v) is 7.12. The molecule has 1 aliphatic rings. The van der Waals surface area contributed by atoms with Crippen LogP contribution in [0.4, 0.5) is 11.4 Å². The molecule has 3 aromatic carbocycles. The molecule has 6 heteroatoms. The zero-order valence-corrected chi connectivity index (χ0v) is 16.1. The van der Waals surface area contributed by atoms with Crippen LogP contribution in [0.1, 0.15) is 31.8 Å². The van der Waals surface area contributed by atoms with Gasteiger partial charge in [-0.1, -0.05) is 29.3 Å². The molecule has 2 N–H and O–H groups in total. The molecule has 0 fully saturated rings. The minimum atomic E-state index is -0.334. The molecule has 0 aromatic heterocycles. The van der Waals surface area contributed by atoms with Gasteiger partial charge in [0, 0.05) is 16.3 Å². The molecule has 5 nitrogen and oxygen atoms in total. The van der Waals surface area contributed by atoms with Crippen LogP contribution < -0.4 is 15.4 Å². The number of fused-ring (bicyclic) bond motifs is 2. The molecular weight excluding hydrogens is 376 g/mol. The number of carbonyl (C=O) groups excluding carboxylic acids is 2. The van der Waals surface area contributed by atoms with E-state index in [-0.39, 0.29) is 11.8 Å². The Hall–Kier alpha value is -3.31. The van der Waals surface area contributed by atoms with E-state index in [4.69, 9.17) is 16.3 Å². The summed E-state index contributed by atoms with van der Waals surface area (Å²) in [5.74, 6) is 0.344. The number of hydrogen-bond acceptors (Lipinski definition) is 3. The summed E-state index contributed by atoms with van der Waals surface area (Å²) in [4.78, 5) is 25.3. The van der Waals surface area contributed by atoms with Crippen LogP contribution in [0.25, 0.3) is 0 Å². The highest BCUT2D eigenvalue weighted by molar-refractivity contribution is 6.31. The minimum Gasteiger partial charge on any atom is -0.454 e. The van der Waals surface area contributed by atoms with Crippen molar-refractivity contribution in [2.45, 2.75) is 13.8 Å². The van der Waals surface area contributed by atoms with Crippen molar-refractivity contribution in [1.82, 2.24) is 0 Å². The topological polar surface area (TPSA) is 67.4 Å². The van der Waals surface area contributed by atoms with E-state index in [0.29, 0.717) is 39.0 Å². The van der Waals surface area contributed by atoms with E-state index in [0.717, 1.165) is 11.1 Å². The van der Waals surface area contributed by atoms with Gasteiger partial charge in [0.05, 0.1) is 11.3 Å². The van der Waals surface area contributed by atoms with Gasteiger partial charge in [-0.15, -0.1) is 0 Å². The number of halogens is 1. The van der Waals surface area contributed by atoms with Crippen molar-refractivity contribution in [3.05, 3.63) is 81.9 Å². The highest BCUT2D eigenvalue weighted by Gasteiger charge is 2.22. The Morgan fingerprint density at radius 3 is 2.61 bits per heavy atom. The van der Waals surface area contributed by atoms with Gasteiger partial charge in [-0.05, 0) is 61.9 Å². The van der Waals surface area contributed by atoms with Gasteiger partial charge >= 0.3 is 0 Å². The largest absolute Gasteiger partial charge is 0.454 e. The third-order valence-corrected chi connectivity index (χ3v) is 4.76. The molecule has 0 saturated carbocycles.